The van der Waals surface area contributed by atoms with Crippen LogP contribution in [0.5, 0.6) is 23.0 Å². The Morgan fingerprint density at radius 3 is 2.14 bits per heavy atom. The average molecular weight is 422 g/mol. The summed E-state index contributed by atoms with van der Waals surface area (Å²) in [6, 6.07) is 4.05. The fraction of sp³-hybridized carbons (Fsp3) is 0.167. The maximum absolute atomic E-state index is 13.1. The Labute approximate surface area is 159 Å². The van der Waals surface area contributed by atoms with Crippen LogP contribution in [-0.2, 0) is 6.18 Å². The number of alkyl halides is 6. The first-order valence-electron chi connectivity index (χ1n) is 7.59. The van der Waals surface area contributed by atoms with Gasteiger partial charge in [0.1, 0.15) is 17.1 Å². The van der Waals surface area contributed by atoms with Crippen LogP contribution in [0, 0.1) is 0 Å². The highest BCUT2D eigenvalue weighted by Gasteiger charge is 2.36. The third-order valence-electron chi connectivity index (χ3n) is 3.52. The van der Waals surface area contributed by atoms with E-state index in [2.05, 4.69) is 11.3 Å². The van der Waals surface area contributed by atoms with Crippen LogP contribution in [0.4, 0.5) is 26.3 Å². The number of hydrogen-bond acceptors (Lipinski definition) is 4. The van der Waals surface area contributed by atoms with Crippen molar-refractivity contribution in [1.29, 1.82) is 0 Å². The molecule has 156 valence electrons. The van der Waals surface area contributed by atoms with Gasteiger partial charge in [-0.15, -0.1) is 13.2 Å². The summed E-state index contributed by atoms with van der Waals surface area (Å²) >= 11 is 0. The van der Waals surface area contributed by atoms with Crippen LogP contribution in [0.15, 0.2) is 36.9 Å². The number of aromatic carboxylic acids is 1. The zero-order valence-electron chi connectivity index (χ0n) is 14.5. The van der Waals surface area contributed by atoms with Gasteiger partial charge in [0.2, 0.25) is 0 Å². The molecule has 11 heteroatoms. The van der Waals surface area contributed by atoms with Crippen molar-refractivity contribution in [2.24, 2.45) is 0 Å². The predicted molar refractivity (Wildman–Crippen MR) is 88.2 cm³/mol. The van der Waals surface area contributed by atoms with E-state index in [9.17, 15) is 36.2 Å². The first kappa shape index (κ1) is 21.9. The summed E-state index contributed by atoms with van der Waals surface area (Å²) in [5.74, 6) is -3.39. The van der Waals surface area contributed by atoms with Crippen LogP contribution in [0.1, 0.15) is 21.5 Å². The van der Waals surface area contributed by atoms with Gasteiger partial charge < -0.3 is 19.3 Å². The molecule has 29 heavy (non-hydrogen) atoms. The summed E-state index contributed by atoms with van der Waals surface area (Å²) in [5, 5.41) is 9.37. The zero-order chi connectivity index (χ0) is 22.0. The third-order valence-corrected chi connectivity index (χ3v) is 3.52. The molecular weight excluding hydrogens is 410 g/mol. The molecule has 2 rings (SSSR count). The molecule has 0 spiro atoms. The number of ether oxygens (including phenoxy) is 3. The van der Waals surface area contributed by atoms with Crippen LogP contribution >= 0.6 is 0 Å². The second-order valence-electron chi connectivity index (χ2n) is 5.37. The van der Waals surface area contributed by atoms with Gasteiger partial charge in [-0.2, -0.15) is 13.2 Å². The Morgan fingerprint density at radius 2 is 1.66 bits per heavy atom. The number of halogens is 6. The summed E-state index contributed by atoms with van der Waals surface area (Å²) in [6.45, 7) is 3.21. The molecule has 2 aromatic rings. The van der Waals surface area contributed by atoms with Crippen LogP contribution in [0.2, 0.25) is 0 Å². The quantitative estimate of drug-likeness (QED) is 0.601. The van der Waals surface area contributed by atoms with Crippen molar-refractivity contribution >= 4 is 12.0 Å². The third kappa shape index (κ3) is 5.12. The van der Waals surface area contributed by atoms with Gasteiger partial charge in [-0.25, -0.2) is 4.79 Å². The number of hydrogen-bond donors (Lipinski definition) is 1. The molecule has 1 N–H and O–H groups in total. The van der Waals surface area contributed by atoms with Crippen molar-refractivity contribution in [2.75, 3.05) is 7.11 Å². The Balaban J connectivity index is 2.54. The van der Waals surface area contributed by atoms with Crippen molar-refractivity contribution in [3.63, 3.8) is 0 Å². The van der Waals surface area contributed by atoms with Gasteiger partial charge in [-0.1, -0.05) is 12.7 Å². The minimum Gasteiger partial charge on any atom is -0.493 e. The number of rotatable bonds is 6. The summed E-state index contributed by atoms with van der Waals surface area (Å²) in [6.07, 6.45) is -9.09. The number of methoxy groups -OCH3 is 1. The Hall–Kier alpha value is -3.37. The molecule has 0 unspecified atom stereocenters. The van der Waals surface area contributed by atoms with Crippen LogP contribution in [0.25, 0.3) is 6.08 Å². The maximum atomic E-state index is 13.1. The molecule has 5 nitrogen and oxygen atoms in total. The normalized spacial score (nSPS) is 11.7. The monoisotopic (exact) mass is 422 g/mol. The fourth-order valence-electron chi connectivity index (χ4n) is 2.41. The molecule has 0 aliphatic heterocycles. The van der Waals surface area contributed by atoms with Gasteiger partial charge in [-0.3, -0.25) is 0 Å². The molecule has 0 atom stereocenters. The van der Waals surface area contributed by atoms with Crippen molar-refractivity contribution in [1.82, 2.24) is 0 Å². The smallest absolute Gasteiger partial charge is 0.493 e. The molecule has 0 bridgehead atoms. The Bertz CT molecular complexity index is 934. The lowest BCUT2D eigenvalue weighted by atomic mass is 9.99. The first-order chi connectivity index (χ1) is 13.4. The van der Waals surface area contributed by atoms with Crippen LogP contribution in [0.3, 0.4) is 0 Å². The van der Waals surface area contributed by atoms with Gasteiger partial charge in [0.05, 0.1) is 12.7 Å². The molecule has 0 aromatic heterocycles. The lowest BCUT2D eigenvalue weighted by molar-refractivity contribution is -0.274. The van der Waals surface area contributed by atoms with Crippen molar-refractivity contribution in [2.45, 2.75) is 12.5 Å². The molecule has 0 aliphatic rings. The van der Waals surface area contributed by atoms with Gasteiger partial charge >= 0.3 is 18.5 Å². The van der Waals surface area contributed by atoms with Gasteiger partial charge in [0, 0.05) is 11.6 Å². The molecule has 0 amide bonds. The lowest BCUT2D eigenvalue weighted by Gasteiger charge is -2.18. The topological polar surface area (TPSA) is 65.0 Å². The van der Waals surface area contributed by atoms with Gasteiger partial charge in [-0.05, 0) is 24.3 Å². The van der Waals surface area contributed by atoms with E-state index in [-0.39, 0.29) is 11.5 Å². The van der Waals surface area contributed by atoms with Crippen LogP contribution in [-0.4, -0.2) is 24.5 Å². The summed E-state index contributed by atoms with van der Waals surface area (Å²) in [4.78, 5) is 11.6. The van der Waals surface area contributed by atoms with E-state index in [1.165, 1.54) is 0 Å². The SMILES string of the molecule is C=Cc1c(C(F)(F)F)ccc(Oc2ccc(OC(F)(F)F)cc2OC)c1C(=O)O. The van der Waals surface area contributed by atoms with E-state index in [1.807, 2.05) is 0 Å². The molecule has 0 heterocycles. The average Bonchev–Trinajstić information content (AvgIpc) is 2.59. The van der Waals surface area contributed by atoms with E-state index >= 15 is 0 Å². The van der Waals surface area contributed by atoms with Crippen molar-refractivity contribution in [3.05, 3.63) is 53.6 Å². The van der Waals surface area contributed by atoms with E-state index in [0.717, 1.165) is 37.5 Å². The van der Waals surface area contributed by atoms with Gasteiger partial charge in [0.15, 0.2) is 11.5 Å². The molecule has 0 saturated carbocycles. The maximum Gasteiger partial charge on any atom is 0.573 e. The standard InChI is InChI=1S/C18H12F6O5/c1-3-10-11(17(19,20)21)5-7-13(15(10)16(25)26)28-12-6-4-9(8-14(12)27-2)29-18(22,23)24/h3-8H,1H2,2H3,(H,25,26). The molecule has 0 radical (unpaired) electrons. The lowest BCUT2D eigenvalue weighted by Crippen LogP contribution is -2.17. The van der Waals surface area contributed by atoms with E-state index in [1.54, 1.807) is 0 Å². The number of carbonyl (C=O) groups is 1. The number of carboxylic acids is 1. The molecular formula is C18H12F6O5. The highest BCUT2D eigenvalue weighted by atomic mass is 19.4. The predicted octanol–water partition coefficient (Wildman–Crippen LogP) is 5.75. The minimum absolute atomic E-state index is 0.251. The second kappa shape index (κ2) is 7.94. The minimum atomic E-state index is -4.96. The fourth-order valence-corrected chi connectivity index (χ4v) is 2.41. The summed E-state index contributed by atoms with van der Waals surface area (Å²) < 4.78 is 90.3. The molecule has 0 fully saturated rings. The highest BCUT2D eigenvalue weighted by Crippen LogP contribution is 2.41. The largest absolute Gasteiger partial charge is 0.573 e. The van der Waals surface area contributed by atoms with Crippen molar-refractivity contribution in [3.8, 4) is 23.0 Å². The zero-order valence-corrected chi connectivity index (χ0v) is 14.5. The van der Waals surface area contributed by atoms with Gasteiger partial charge in [0.25, 0.3) is 0 Å². The summed E-state index contributed by atoms with van der Waals surface area (Å²) in [5.41, 5.74) is -2.79. The van der Waals surface area contributed by atoms with E-state index < -0.39 is 46.7 Å². The van der Waals surface area contributed by atoms with E-state index in [4.69, 9.17) is 9.47 Å². The highest BCUT2D eigenvalue weighted by molar-refractivity contribution is 5.96. The molecule has 2 aromatic carbocycles. The van der Waals surface area contributed by atoms with Crippen molar-refractivity contribution < 1.29 is 50.5 Å². The first-order valence-corrected chi connectivity index (χ1v) is 7.59. The molecule has 0 saturated heterocycles. The van der Waals surface area contributed by atoms with Crippen LogP contribution < -0.4 is 14.2 Å². The molecule has 0 aliphatic carbocycles. The second-order valence-corrected chi connectivity index (χ2v) is 5.37. The number of benzene rings is 2. The summed E-state index contributed by atoms with van der Waals surface area (Å²) in [7, 11) is 1.10. The number of carboxylic acid groups (broad SMARTS) is 1. The Kier molecular flexibility index (Phi) is 6.00. The van der Waals surface area contributed by atoms with E-state index in [0.29, 0.717) is 6.07 Å². The Morgan fingerprint density at radius 1 is 1.03 bits per heavy atom.